The number of fused-ring (bicyclic) bond motifs is 1. The van der Waals surface area contributed by atoms with E-state index in [4.69, 9.17) is 14.2 Å². The fourth-order valence-corrected chi connectivity index (χ4v) is 5.22. The van der Waals surface area contributed by atoms with E-state index in [2.05, 4.69) is 9.88 Å². The van der Waals surface area contributed by atoms with E-state index in [-0.39, 0.29) is 49.2 Å². The van der Waals surface area contributed by atoms with Crippen LogP contribution in [-0.2, 0) is 20.9 Å². The Morgan fingerprint density at radius 1 is 0.977 bits per heavy atom. The number of benzene rings is 1. The van der Waals surface area contributed by atoms with Crippen LogP contribution in [0.15, 0.2) is 47.4 Å². The van der Waals surface area contributed by atoms with Crippen LogP contribution in [0.5, 0.6) is 5.75 Å². The lowest BCUT2D eigenvalue weighted by Crippen LogP contribution is -2.53. The summed E-state index contributed by atoms with van der Waals surface area (Å²) in [7, 11) is 1.20. The predicted octanol–water partition coefficient (Wildman–Crippen LogP) is 3.63. The van der Waals surface area contributed by atoms with E-state index in [1.807, 2.05) is 36.4 Å². The molecule has 3 aromatic rings. The number of methoxy groups -OCH3 is 1. The van der Waals surface area contributed by atoms with Crippen molar-refractivity contribution in [3.05, 3.63) is 64.2 Å². The minimum absolute atomic E-state index is 0.0393. The smallest absolute Gasteiger partial charge is 0.410 e. The summed E-state index contributed by atoms with van der Waals surface area (Å²) in [5, 5.41) is 0. The molecular weight excluding hydrogens is 554 g/mol. The maximum absolute atomic E-state index is 14.0. The Bertz CT molecular complexity index is 1580. The van der Waals surface area contributed by atoms with Crippen molar-refractivity contribution in [3.63, 3.8) is 0 Å². The van der Waals surface area contributed by atoms with Gasteiger partial charge in [-0.15, -0.1) is 0 Å². The molecule has 4 heterocycles. The SMILES string of the molecule is COC(=O)c1nc2c(N3CCN(C(=O)OC(C)(C)C)CC3=O)cc(N3CCCCC3)cn2c(=O)c1OCc1ccccc1. The van der Waals surface area contributed by atoms with Gasteiger partial charge in [0.05, 0.1) is 18.5 Å². The first-order chi connectivity index (χ1) is 20.6. The minimum Gasteiger partial charge on any atom is -0.481 e. The molecule has 0 radical (unpaired) electrons. The molecule has 5 rings (SSSR count). The van der Waals surface area contributed by atoms with Crippen molar-refractivity contribution in [3.8, 4) is 5.75 Å². The Balaban J connectivity index is 1.59. The summed E-state index contributed by atoms with van der Waals surface area (Å²) < 4.78 is 17.7. The molecule has 0 bridgehead atoms. The predicted molar refractivity (Wildman–Crippen MR) is 160 cm³/mol. The van der Waals surface area contributed by atoms with E-state index in [0.29, 0.717) is 5.69 Å². The Hall–Kier alpha value is -4.61. The highest BCUT2D eigenvalue weighted by atomic mass is 16.6. The molecule has 228 valence electrons. The van der Waals surface area contributed by atoms with Gasteiger partial charge in [-0.25, -0.2) is 14.6 Å². The van der Waals surface area contributed by atoms with Crippen LogP contribution in [0.25, 0.3) is 5.65 Å². The molecule has 0 saturated carbocycles. The van der Waals surface area contributed by atoms with Crippen LogP contribution in [0.3, 0.4) is 0 Å². The molecule has 0 N–H and O–H groups in total. The van der Waals surface area contributed by atoms with Gasteiger partial charge in [-0.2, -0.15) is 0 Å². The number of hydrogen-bond donors (Lipinski definition) is 0. The zero-order valence-corrected chi connectivity index (χ0v) is 25.0. The number of amides is 2. The molecule has 0 spiro atoms. The second-order valence-corrected chi connectivity index (χ2v) is 11.6. The first kappa shape index (κ1) is 29.9. The van der Waals surface area contributed by atoms with Crippen molar-refractivity contribution in [1.29, 1.82) is 0 Å². The number of carbonyl (C=O) groups excluding carboxylic acids is 3. The van der Waals surface area contributed by atoms with Crippen LogP contribution in [0, 0.1) is 0 Å². The average Bonchev–Trinajstić information content (AvgIpc) is 3.00. The van der Waals surface area contributed by atoms with Gasteiger partial charge in [-0.1, -0.05) is 30.3 Å². The van der Waals surface area contributed by atoms with E-state index < -0.39 is 23.2 Å². The highest BCUT2D eigenvalue weighted by molar-refractivity contribution is 6.01. The highest BCUT2D eigenvalue weighted by Crippen LogP contribution is 2.31. The maximum atomic E-state index is 14.0. The minimum atomic E-state index is -0.838. The van der Waals surface area contributed by atoms with Gasteiger partial charge in [0.25, 0.3) is 0 Å². The maximum Gasteiger partial charge on any atom is 0.410 e. The van der Waals surface area contributed by atoms with Crippen LogP contribution in [0.2, 0.25) is 0 Å². The van der Waals surface area contributed by atoms with Gasteiger partial charge in [0, 0.05) is 32.4 Å². The molecule has 0 atom stereocenters. The Morgan fingerprint density at radius 2 is 1.70 bits per heavy atom. The highest BCUT2D eigenvalue weighted by Gasteiger charge is 2.33. The standard InChI is InChI=1S/C31H37N5O7/c1-31(2,3)43-30(40)34-15-16-35(24(37)19-34)23-17-22(33-13-9-6-10-14-33)18-36-27(23)32-25(29(39)41-4)26(28(36)38)42-20-21-11-7-5-8-12-21/h5,7-8,11-12,17-18H,6,9-10,13-16,19-20H2,1-4H3. The molecule has 2 saturated heterocycles. The van der Waals surface area contributed by atoms with Crippen LogP contribution >= 0.6 is 0 Å². The zero-order valence-electron chi connectivity index (χ0n) is 25.0. The van der Waals surface area contributed by atoms with Crippen molar-refractivity contribution in [2.24, 2.45) is 0 Å². The summed E-state index contributed by atoms with van der Waals surface area (Å²) in [5.41, 5.74) is 0.432. The molecule has 12 nitrogen and oxygen atoms in total. The summed E-state index contributed by atoms with van der Waals surface area (Å²) in [6, 6.07) is 11.1. The summed E-state index contributed by atoms with van der Waals surface area (Å²) in [5.74, 6) is -1.45. The number of esters is 1. The molecule has 0 unspecified atom stereocenters. The van der Waals surface area contributed by atoms with Crippen LogP contribution in [0.1, 0.15) is 56.1 Å². The third kappa shape index (κ3) is 6.58. The molecular formula is C31H37N5O7. The molecule has 2 fully saturated rings. The number of nitrogens with zero attached hydrogens (tertiary/aromatic N) is 5. The topological polar surface area (TPSA) is 123 Å². The van der Waals surface area contributed by atoms with Crippen LogP contribution in [-0.4, -0.2) is 77.7 Å². The Morgan fingerprint density at radius 3 is 2.35 bits per heavy atom. The van der Waals surface area contributed by atoms with Crippen molar-refractivity contribution in [2.75, 3.05) is 49.6 Å². The summed E-state index contributed by atoms with van der Waals surface area (Å²) in [6.45, 7) is 7.08. The average molecular weight is 592 g/mol. The summed E-state index contributed by atoms with van der Waals surface area (Å²) >= 11 is 0. The van der Waals surface area contributed by atoms with Crippen molar-refractivity contribution < 1.29 is 28.6 Å². The van der Waals surface area contributed by atoms with E-state index in [1.165, 1.54) is 21.3 Å². The molecule has 0 aliphatic carbocycles. The van der Waals surface area contributed by atoms with Gasteiger partial charge in [0.1, 0.15) is 18.8 Å². The van der Waals surface area contributed by atoms with Crippen molar-refractivity contribution >= 4 is 35.0 Å². The molecule has 12 heteroatoms. The molecule has 1 aromatic carbocycles. The lowest BCUT2D eigenvalue weighted by atomic mass is 10.1. The Labute approximate surface area is 249 Å². The monoisotopic (exact) mass is 591 g/mol. The largest absolute Gasteiger partial charge is 0.481 e. The fraction of sp³-hybridized carbons (Fsp3) is 0.452. The number of aromatic nitrogens is 2. The number of piperazine rings is 1. The van der Waals surface area contributed by atoms with Crippen LogP contribution < -0.4 is 20.1 Å². The van der Waals surface area contributed by atoms with Gasteiger partial charge in [0.2, 0.25) is 11.7 Å². The van der Waals surface area contributed by atoms with Crippen molar-refractivity contribution in [1.82, 2.24) is 14.3 Å². The molecule has 2 amide bonds. The van der Waals surface area contributed by atoms with E-state index in [0.717, 1.165) is 43.6 Å². The molecule has 43 heavy (non-hydrogen) atoms. The summed E-state index contributed by atoms with van der Waals surface area (Å²) in [6.07, 6.45) is 4.22. The van der Waals surface area contributed by atoms with E-state index >= 15 is 0 Å². The zero-order chi connectivity index (χ0) is 30.7. The Kier molecular flexibility index (Phi) is 8.56. The normalized spacial score (nSPS) is 15.9. The molecule has 2 aliphatic rings. The van der Waals surface area contributed by atoms with Crippen molar-refractivity contribution in [2.45, 2.75) is 52.2 Å². The number of pyridine rings is 1. The number of rotatable bonds is 6. The lowest BCUT2D eigenvalue weighted by Gasteiger charge is -2.36. The van der Waals surface area contributed by atoms with E-state index in [1.54, 1.807) is 27.0 Å². The fourth-order valence-electron chi connectivity index (χ4n) is 5.22. The van der Waals surface area contributed by atoms with Gasteiger partial charge in [-0.3, -0.25) is 18.9 Å². The summed E-state index contributed by atoms with van der Waals surface area (Å²) in [4.78, 5) is 62.7. The van der Waals surface area contributed by atoms with Gasteiger partial charge in [0.15, 0.2) is 11.3 Å². The number of carbonyl (C=O) groups is 3. The second kappa shape index (κ2) is 12.3. The second-order valence-electron chi connectivity index (χ2n) is 11.6. The first-order valence-corrected chi connectivity index (χ1v) is 14.4. The van der Waals surface area contributed by atoms with Gasteiger partial charge < -0.3 is 24.0 Å². The number of piperidine rings is 1. The number of hydrogen-bond acceptors (Lipinski definition) is 9. The lowest BCUT2D eigenvalue weighted by molar-refractivity contribution is -0.121. The number of anilines is 2. The molecule has 2 aromatic heterocycles. The third-order valence-corrected chi connectivity index (χ3v) is 7.34. The quantitative estimate of drug-likeness (QED) is 0.396. The number of ether oxygens (including phenoxy) is 3. The van der Waals surface area contributed by atoms with Crippen LogP contribution in [0.4, 0.5) is 16.2 Å². The first-order valence-electron chi connectivity index (χ1n) is 14.4. The van der Waals surface area contributed by atoms with Gasteiger partial charge in [-0.05, 0) is 51.7 Å². The third-order valence-electron chi connectivity index (χ3n) is 7.34. The van der Waals surface area contributed by atoms with E-state index in [9.17, 15) is 19.2 Å². The van der Waals surface area contributed by atoms with Gasteiger partial charge >= 0.3 is 17.6 Å². The molecule has 2 aliphatic heterocycles.